The third-order valence-corrected chi connectivity index (χ3v) is 6.30. The summed E-state index contributed by atoms with van der Waals surface area (Å²) in [7, 11) is 0. The average molecular weight is 445 g/mol. The molecule has 0 spiro atoms. The van der Waals surface area contributed by atoms with E-state index in [2.05, 4.69) is 6.58 Å². The molecule has 7 heteroatoms. The molecule has 1 saturated heterocycles. The maximum atomic E-state index is 11.1. The molecular weight excluding hydrogens is 416 g/mol. The van der Waals surface area contributed by atoms with Crippen molar-refractivity contribution in [1.82, 2.24) is 0 Å². The molecule has 0 unspecified atom stereocenters. The lowest BCUT2D eigenvalue weighted by atomic mass is 9.91. The minimum Gasteiger partial charge on any atom is -0.427 e. The Kier molecular flexibility index (Phi) is 7.56. The lowest BCUT2D eigenvalue weighted by Gasteiger charge is -2.40. The Balaban J connectivity index is 1.80. The van der Waals surface area contributed by atoms with Gasteiger partial charge in [0.2, 0.25) is 0 Å². The van der Waals surface area contributed by atoms with Gasteiger partial charge in [0.15, 0.2) is 0 Å². The largest absolute Gasteiger partial charge is 0.427 e. The summed E-state index contributed by atoms with van der Waals surface area (Å²) in [5.74, 6) is -0.0975. The summed E-state index contributed by atoms with van der Waals surface area (Å²) in [5.41, 5.74) is 4.07. The first-order chi connectivity index (χ1) is 14.7. The van der Waals surface area contributed by atoms with Crippen molar-refractivity contribution in [2.24, 2.45) is 0 Å². The minimum absolute atomic E-state index is 0.310. The molecule has 2 aromatic rings. The molecule has 0 aliphatic carbocycles. The molecule has 1 fully saturated rings. The Labute approximate surface area is 186 Å². The fourth-order valence-electron chi connectivity index (χ4n) is 3.64. The van der Waals surface area contributed by atoms with E-state index in [1.54, 1.807) is 6.26 Å². The molecule has 6 nitrogen and oxygen atoms in total. The van der Waals surface area contributed by atoms with E-state index in [0.717, 1.165) is 27.8 Å². The van der Waals surface area contributed by atoms with E-state index in [0.29, 0.717) is 12.2 Å². The second-order valence-electron chi connectivity index (χ2n) is 7.71. The number of aryl methyl sites for hydroxylation is 1. The van der Waals surface area contributed by atoms with Crippen molar-refractivity contribution in [3.05, 3.63) is 76.9 Å². The van der Waals surface area contributed by atoms with Gasteiger partial charge in [-0.1, -0.05) is 49.0 Å². The molecule has 0 aromatic heterocycles. The topological polar surface area (TPSA) is 96.2 Å². The van der Waals surface area contributed by atoms with Crippen LogP contribution in [0.4, 0.5) is 0 Å². The summed E-state index contributed by atoms with van der Waals surface area (Å²) in [6, 6.07) is 13.4. The first-order valence-corrected chi connectivity index (χ1v) is 11.3. The molecule has 166 valence electrons. The van der Waals surface area contributed by atoms with Crippen molar-refractivity contribution in [3.63, 3.8) is 0 Å². The summed E-state index contributed by atoms with van der Waals surface area (Å²) in [4.78, 5) is 11.1. The van der Waals surface area contributed by atoms with Crippen molar-refractivity contribution in [1.29, 1.82) is 0 Å². The molecule has 0 amide bonds. The fourth-order valence-corrected chi connectivity index (χ4v) is 4.31. The van der Waals surface area contributed by atoms with E-state index in [4.69, 9.17) is 9.47 Å². The first-order valence-electron chi connectivity index (χ1n) is 9.99. The van der Waals surface area contributed by atoms with Crippen molar-refractivity contribution in [2.75, 3.05) is 6.26 Å². The van der Waals surface area contributed by atoms with Crippen LogP contribution in [0.3, 0.4) is 0 Å². The van der Waals surface area contributed by atoms with Gasteiger partial charge in [0.25, 0.3) is 0 Å². The van der Waals surface area contributed by atoms with Crippen LogP contribution in [0.1, 0.15) is 40.8 Å². The average Bonchev–Trinajstić information content (AvgIpc) is 2.74. The number of carbonyl (C=O) groups excluding carboxylic acids is 1. The van der Waals surface area contributed by atoms with Crippen LogP contribution in [0.5, 0.6) is 0 Å². The fraction of sp³-hybridized carbons (Fsp3) is 0.375. The lowest BCUT2D eigenvalue weighted by Crippen LogP contribution is -2.52. The van der Waals surface area contributed by atoms with Gasteiger partial charge in [-0.25, -0.2) is 0 Å². The maximum Gasteiger partial charge on any atom is 0.308 e. The Morgan fingerprint density at radius 1 is 1.10 bits per heavy atom. The van der Waals surface area contributed by atoms with Crippen LogP contribution >= 0.6 is 11.8 Å². The highest BCUT2D eigenvalue weighted by molar-refractivity contribution is 7.99. The number of rotatable bonds is 6. The number of ether oxygens (including phenoxy) is 2. The van der Waals surface area contributed by atoms with Gasteiger partial charge in [0.1, 0.15) is 35.6 Å². The standard InChI is InChI=1S/C24H28O6S/c1-13-5-8-18(23-21(27)20(26)22(28)24(30-23)31-4)12-19(13)11-16-6-9-17(10-7-16)14(2)29-15(3)25/h5-10,12,20-24,26-28H,2,11H2,1,3-4H3/t20-,21-,22+,23+,24-/m1/s1. The van der Waals surface area contributed by atoms with E-state index in [-0.39, 0.29) is 0 Å². The zero-order valence-electron chi connectivity index (χ0n) is 17.8. The minimum atomic E-state index is -1.28. The third-order valence-electron chi connectivity index (χ3n) is 5.44. The van der Waals surface area contributed by atoms with E-state index in [1.165, 1.54) is 18.7 Å². The van der Waals surface area contributed by atoms with Crippen LogP contribution in [-0.4, -0.2) is 51.3 Å². The van der Waals surface area contributed by atoms with Crippen LogP contribution < -0.4 is 0 Å². The Bertz CT molecular complexity index is 940. The predicted molar refractivity (Wildman–Crippen MR) is 120 cm³/mol. The summed E-state index contributed by atoms with van der Waals surface area (Å²) < 4.78 is 10.9. The van der Waals surface area contributed by atoms with Gasteiger partial charge in [-0.2, -0.15) is 0 Å². The van der Waals surface area contributed by atoms with Crippen LogP contribution in [0.15, 0.2) is 49.0 Å². The zero-order chi connectivity index (χ0) is 22.7. The molecular formula is C24H28O6S. The highest BCUT2D eigenvalue weighted by Crippen LogP contribution is 2.36. The van der Waals surface area contributed by atoms with Gasteiger partial charge in [0, 0.05) is 12.5 Å². The van der Waals surface area contributed by atoms with Gasteiger partial charge < -0.3 is 24.8 Å². The van der Waals surface area contributed by atoms with Gasteiger partial charge in [-0.15, -0.1) is 11.8 Å². The summed E-state index contributed by atoms with van der Waals surface area (Å²) in [6.07, 6.45) is -1.94. The Hall–Kier alpha value is -2.16. The lowest BCUT2D eigenvalue weighted by molar-refractivity contribution is -0.200. The van der Waals surface area contributed by atoms with E-state index in [9.17, 15) is 20.1 Å². The Morgan fingerprint density at radius 3 is 2.39 bits per heavy atom. The summed E-state index contributed by atoms with van der Waals surface area (Å²) in [6.45, 7) is 7.12. The van der Waals surface area contributed by atoms with E-state index in [1.807, 2.05) is 49.4 Å². The molecule has 1 heterocycles. The van der Waals surface area contributed by atoms with Crippen molar-refractivity contribution in [2.45, 2.75) is 50.1 Å². The highest BCUT2D eigenvalue weighted by Gasteiger charge is 2.44. The third kappa shape index (κ3) is 5.37. The molecule has 1 aliphatic heterocycles. The van der Waals surface area contributed by atoms with Gasteiger partial charge in [-0.05, 0) is 41.9 Å². The van der Waals surface area contributed by atoms with Crippen molar-refractivity contribution in [3.8, 4) is 0 Å². The molecule has 0 saturated carbocycles. The number of aliphatic hydroxyl groups is 3. The van der Waals surface area contributed by atoms with Crippen LogP contribution in [0.25, 0.3) is 5.76 Å². The number of carbonyl (C=O) groups is 1. The maximum absolute atomic E-state index is 11.1. The van der Waals surface area contributed by atoms with Gasteiger partial charge in [-0.3, -0.25) is 4.79 Å². The van der Waals surface area contributed by atoms with E-state index >= 15 is 0 Å². The predicted octanol–water partition coefficient (Wildman–Crippen LogP) is 2.96. The van der Waals surface area contributed by atoms with Crippen LogP contribution in [0.2, 0.25) is 0 Å². The Morgan fingerprint density at radius 2 is 1.77 bits per heavy atom. The first kappa shape index (κ1) is 23.5. The zero-order valence-corrected chi connectivity index (χ0v) is 18.6. The number of hydrogen-bond acceptors (Lipinski definition) is 7. The second-order valence-corrected chi connectivity index (χ2v) is 8.65. The van der Waals surface area contributed by atoms with Crippen LogP contribution in [-0.2, 0) is 20.7 Å². The SMILES string of the molecule is C=C(OC(C)=O)c1ccc(Cc2cc([C@@H]3O[C@H](SC)[C@@H](O)[C@H](O)[C@H]3O)ccc2C)cc1. The normalized spacial score (nSPS) is 25.8. The van der Waals surface area contributed by atoms with Crippen molar-refractivity contribution >= 4 is 23.5 Å². The quantitative estimate of drug-likeness (QED) is 0.466. The molecule has 31 heavy (non-hydrogen) atoms. The molecule has 3 rings (SSSR count). The number of hydrogen-bond donors (Lipinski definition) is 3. The van der Waals surface area contributed by atoms with Crippen LogP contribution in [0, 0.1) is 6.92 Å². The van der Waals surface area contributed by atoms with Gasteiger partial charge >= 0.3 is 5.97 Å². The molecule has 3 N–H and O–H groups in total. The molecule has 0 radical (unpaired) electrons. The summed E-state index contributed by atoms with van der Waals surface area (Å²) in [5, 5.41) is 30.8. The molecule has 0 bridgehead atoms. The number of esters is 1. The molecule has 1 aliphatic rings. The molecule has 5 atom stereocenters. The number of thioether (sulfide) groups is 1. The monoisotopic (exact) mass is 444 g/mol. The highest BCUT2D eigenvalue weighted by atomic mass is 32.2. The summed E-state index contributed by atoms with van der Waals surface area (Å²) >= 11 is 1.29. The molecule has 2 aromatic carbocycles. The number of aliphatic hydroxyl groups excluding tert-OH is 3. The second kappa shape index (κ2) is 9.97. The number of benzene rings is 2. The smallest absolute Gasteiger partial charge is 0.308 e. The van der Waals surface area contributed by atoms with Crippen molar-refractivity contribution < 1.29 is 29.6 Å². The van der Waals surface area contributed by atoms with Gasteiger partial charge in [0.05, 0.1) is 0 Å². The van der Waals surface area contributed by atoms with E-state index < -0.39 is 35.8 Å².